The molecule has 3 aromatic rings. The summed E-state index contributed by atoms with van der Waals surface area (Å²) in [6, 6.07) is 14.5. The van der Waals surface area contributed by atoms with Gasteiger partial charge in [0, 0.05) is 33.8 Å². The first-order valence-electron chi connectivity index (χ1n) is 13.1. The molecule has 3 aromatic carbocycles. The third kappa shape index (κ3) is 5.14. The van der Waals surface area contributed by atoms with Crippen LogP contribution in [0.25, 0.3) is 0 Å². The number of ether oxygens (including phenoxy) is 1. The van der Waals surface area contributed by atoms with Crippen LogP contribution in [0, 0.1) is 22.6 Å². The first-order chi connectivity index (χ1) is 19.4. The minimum atomic E-state index is -1.29. The molecule has 10 heteroatoms. The molecule has 212 valence electrons. The van der Waals surface area contributed by atoms with Gasteiger partial charge < -0.3 is 20.7 Å². The lowest BCUT2D eigenvalue weighted by Crippen LogP contribution is -2.49. The van der Waals surface area contributed by atoms with Crippen molar-refractivity contribution in [2.24, 2.45) is 5.41 Å². The Morgan fingerprint density at radius 2 is 1.88 bits per heavy atom. The van der Waals surface area contributed by atoms with Crippen LogP contribution in [-0.4, -0.2) is 31.0 Å². The highest BCUT2D eigenvalue weighted by Gasteiger charge is 2.65. The SMILES string of the molecule is COc1cc(C#N)ccc1NC(=O)[C@@H]1N[C@@H](CC(C)(C)C)C2(C(=O)Nc3cc(Cl)ccc32)[C@H]1c1cc(F)cc(Cl)c1. The zero-order chi connectivity index (χ0) is 29.7. The number of nitrogens with one attached hydrogen (secondary N) is 3. The van der Waals surface area contributed by atoms with Crippen LogP contribution in [0.3, 0.4) is 0 Å². The lowest BCUT2D eigenvalue weighted by atomic mass is 9.62. The summed E-state index contributed by atoms with van der Waals surface area (Å²) in [4.78, 5) is 28.4. The number of carbonyl (C=O) groups excluding carboxylic acids is 2. The van der Waals surface area contributed by atoms with Crippen LogP contribution in [0.5, 0.6) is 5.75 Å². The molecule has 2 aliphatic rings. The van der Waals surface area contributed by atoms with Crippen LogP contribution in [0.2, 0.25) is 10.0 Å². The number of nitriles is 1. The number of methoxy groups -OCH3 is 1. The normalized spacial score (nSPS) is 23.2. The fraction of sp³-hybridized carbons (Fsp3) is 0.323. The number of benzene rings is 3. The number of hydrogen-bond acceptors (Lipinski definition) is 5. The molecular weight excluding hydrogens is 566 g/mol. The van der Waals surface area contributed by atoms with Gasteiger partial charge in [0.2, 0.25) is 11.8 Å². The maximum atomic E-state index is 14.8. The van der Waals surface area contributed by atoms with E-state index in [9.17, 15) is 19.2 Å². The summed E-state index contributed by atoms with van der Waals surface area (Å²) in [5.41, 5.74) is 0.811. The maximum absolute atomic E-state index is 14.8. The summed E-state index contributed by atoms with van der Waals surface area (Å²) in [5, 5.41) is 19.2. The molecule has 0 aromatic heterocycles. The Labute approximate surface area is 248 Å². The predicted octanol–water partition coefficient (Wildman–Crippen LogP) is 6.40. The minimum Gasteiger partial charge on any atom is -0.495 e. The van der Waals surface area contributed by atoms with Crippen molar-refractivity contribution in [1.29, 1.82) is 5.26 Å². The number of fused-ring (bicyclic) bond motifs is 2. The van der Waals surface area contributed by atoms with Gasteiger partial charge in [0.15, 0.2) is 0 Å². The topological polar surface area (TPSA) is 103 Å². The monoisotopic (exact) mass is 594 g/mol. The third-order valence-electron chi connectivity index (χ3n) is 7.74. The Morgan fingerprint density at radius 1 is 1.12 bits per heavy atom. The molecule has 3 N–H and O–H groups in total. The zero-order valence-corrected chi connectivity index (χ0v) is 24.5. The molecule has 2 heterocycles. The van der Waals surface area contributed by atoms with Crippen molar-refractivity contribution in [3.05, 3.63) is 87.2 Å². The van der Waals surface area contributed by atoms with E-state index in [0.717, 1.165) is 0 Å². The molecule has 2 amide bonds. The highest BCUT2D eigenvalue weighted by molar-refractivity contribution is 6.31. The molecule has 0 bridgehead atoms. The number of halogens is 3. The summed E-state index contributed by atoms with van der Waals surface area (Å²) in [7, 11) is 1.44. The highest BCUT2D eigenvalue weighted by Crippen LogP contribution is 2.57. The second kappa shape index (κ2) is 10.6. The molecule has 0 radical (unpaired) electrons. The number of rotatable bonds is 5. The van der Waals surface area contributed by atoms with Crippen molar-refractivity contribution in [3.63, 3.8) is 0 Å². The summed E-state index contributed by atoms with van der Waals surface area (Å²) in [6.07, 6.45) is 0.520. The molecule has 7 nitrogen and oxygen atoms in total. The standard InChI is InChI=1S/C31H29Cl2FN4O3/c1-30(2,3)14-25-31(21-7-6-18(32)13-23(21)37-29(31)40)26(17-10-19(33)12-20(34)11-17)27(38-25)28(39)36-22-8-5-16(15-35)9-24(22)41-4/h5-13,25-27,38H,14H2,1-4H3,(H,36,39)(H,37,40)/t25-,26-,27+,31?/m0/s1. The van der Waals surface area contributed by atoms with Crippen LogP contribution in [-0.2, 0) is 15.0 Å². The van der Waals surface area contributed by atoms with Crippen molar-refractivity contribution in [1.82, 2.24) is 5.32 Å². The van der Waals surface area contributed by atoms with Crippen LogP contribution in [0.15, 0.2) is 54.6 Å². The van der Waals surface area contributed by atoms with Crippen molar-refractivity contribution < 1.29 is 18.7 Å². The first kappa shape index (κ1) is 28.9. The van der Waals surface area contributed by atoms with E-state index in [2.05, 4.69) is 36.7 Å². The third-order valence-corrected chi connectivity index (χ3v) is 8.19. The van der Waals surface area contributed by atoms with E-state index >= 15 is 0 Å². The molecule has 2 aliphatic heterocycles. The van der Waals surface area contributed by atoms with Crippen LogP contribution < -0.4 is 20.7 Å². The van der Waals surface area contributed by atoms with Gasteiger partial charge in [0.05, 0.1) is 30.5 Å². The summed E-state index contributed by atoms with van der Waals surface area (Å²) in [6.45, 7) is 6.17. The first-order valence-corrected chi connectivity index (χ1v) is 13.9. The molecule has 1 spiro atoms. The Bertz CT molecular complexity index is 1580. The van der Waals surface area contributed by atoms with Gasteiger partial charge in [-0.25, -0.2) is 4.39 Å². The number of hydrogen-bond donors (Lipinski definition) is 3. The Hall–Kier alpha value is -3.64. The van der Waals surface area contributed by atoms with E-state index in [4.69, 9.17) is 27.9 Å². The predicted molar refractivity (Wildman–Crippen MR) is 157 cm³/mol. The minimum absolute atomic E-state index is 0.150. The number of nitrogens with zero attached hydrogens (tertiary/aromatic N) is 1. The van der Waals surface area contributed by atoms with Crippen molar-refractivity contribution in [2.75, 3.05) is 17.7 Å². The van der Waals surface area contributed by atoms with Gasteiger partial charge in [-0.1, -0.05) is 50.0 Å². The van der Waals surface area contributed by atoms with Crippen molar-refractivity contribution in [2.45, 2.75) is 50.6 Å². The van der Waals surface area contributed by atoms with Crippen LogP contribution in [0.4, 0.5) is 15.8 Å². The van der Waals surface area contributed by atoms with Crippen LogP contribution >= 0.6 is 23.2 Å². The molecule has 1 fully saturated rings. The van der Waals surface area contributed by atoms with E-state index in [0.29, 0.717) is 45.3 Å². The van der Waals surface area contributed by atoms with E-state index < -0.39 is 35.1 Å². The zero-order valence-electron chi connectivity index (χ0n) is 22.9. The highest BCUT2D eigenvalue weighted by atomic mass is 35.5. The van der Waals surface area contributed by atoms with Gasteiger partial charge in [-0.3, -0.25) is 9.59 Å². The van der Waals surface area contributed by atoms with E-state index in [-0.39, 0.29) is 16.3 Å². The van der Waals surface area contributed by atoms with Gasteiger partial charge in [-0.15, -0.1) is 0 Å². The number of amides is 2. The molecule has 1 saturated heterocycles. The van der Waals surface area contributed by atoms with E-state index in [1.54, 1.807) is 36.4 Å². The van der Waals surface area contributed by atoms with Crippen molar-refractivity contribution in [3.8, 4) is 11.8 Å². The Balaban J connectivity index is 1.71. The molecule has 5 rings (SSSR count). The number of carbonyl (C=O) groups is 2. The Morgan fingerprint density at radius 3 is 2.54 bits per heavy atom. The van der Waals surface area contributed by atoms with Gasteiger partial charge >= 0.3 is 0 Å². The molecule has 1 unspecified atom stereocenters. The summed E-state index contributed by atoms with van der Waals surface area (Å²) < 4.78 is 20.3. The fourth-order valence-corrected chi connectivity index (χ4v) is 6.65. The van der Waals surface area contributed by atoms with Crippen LogP contribution in [0.1, 0.15) is 49.8 Å². The molecule has 0 aliphatic carbocycles. The largest absolute Gasteiger partial charge is 0.495 e. The van der Waals surface area contributed by atoms with Crippen molar-refractivity contribution >= 4 is 46.4 Å². The number of anilines is 2. The summed E-state index contributed by atoms with van der Waals surface area (Å²) in [5.74, 6) is -1.89. The molecule has 41 heavy (non-hydrogen) atoms. The average Bonchev–Trinajstić information content (AvgIpc) is 3.37. The molecule has 0 saturated carbocycles. The quantitative estimate of drug-likeness (QED) is 0.317. The van der Waals surface area contributed by atoms with E-state index in [1.165, 1.54) is 25.3 Å². The second-order valence-electron chi connectivity index (χ2n) is 11.7. The smallest absolute Gasteiger partial charge is 0.242 e. The maximum Gasteiger partial charge on any atom is 0.242 e. The van der Waals surface area contributed by atoms with Gasteiger partial charge in [0.1, 0.15) is 17.0 Å². The van der Waals surface area contributed by atoms with Gasteiger partial charge in [-0.05, 0) is 65.4 Å². The average molecular weight is 596 g/mol. The van der Waals surface area contributed by atoms with E-state index in [1.807, 2.05) is 6.07 Å². The molecular formula is C31H29Cl2FN4O3. The van der Waals surface area contributed by atoms with Gasteiger partial charge in [-0.2, -0.15) is 5.26 Å². The Kier molecular flexibility index (Phi) is 7.49. The van der Waals surface area contributed by atoms with Gasteiger partial charge in [0.25, 0.3) is 0 Å². The lowest BCUT2D eigenvalue weighted by Gasteiger charge is -2.37. The lowest BCUT2D eigenvalue weighted by molar-refractivity contribution is -0.122. The second-order valence-corrected chi connectivity index (χ2v) is 12.5. The fourth-order valence-electron chi connectivity index (χ4n) is 6.25. The summed E-state index contributed by atoms with van der Waals surface area (Å²) >= 11 is 12.6. The molecule has 4 atom stereocenters.